The fraction of sp³-hybridized carbons (Fsp3) is 0.682. The highest BCUT2D eigenvalue weighted by Gasteiger charge is 2.17. The van der Waals surface area contributed by atoms with E-state index in [1.54, 1.807) is 0 Å². The second-order valence-corrected chi connectivity index (χ2v) is 7.86. The van der Waals surface area contributed by atoms with Gasteiger partial charge in [-0.1, -0.05) is 44.2 Å². The molecule has 0 amide bonds. The lowest BCUT2D eigenvalue weighted by atomic mass is 10.1. The van der Waals surface area contributed by atoms with Crippen LogP contribution in [0.1, 0.15) is 32.8 Å². The smallest absolute Gasteiger partial charge is 0.191 e. The van der Waals surface area contributed by atoms with Crippen LogP contribution >= 0.6 is 24.0 Å². The molecule has 28 heavy (non-hydrogen) atoms. The molecule has 1 aliphatic rings. The summed E-state index contributed by atoms with van der Waals surface area (Å²) in [5.74, 6) is 1.52. The van der Waals surface area contributed by atoms with E-state index in [9.17, 15) is 0 Å². The molecule has 2 unspecified atom stereocenters. The van der Waals surface area contributed by atoms with Gasteiger partial charge in [0, 0.05) is 52.4 Å². The van der Waals surface area contributed by atoms with Gasteiger partial charge in [-0.2, -0.15) is 0 Å². The van der Waals surface area contributed by atoms with E-state index in [0.717, 1.165) is 31.9 Å². The number of hydrogen-bond donors (Lipinski definition) is 2. The second-order valence-electron chi connectivity index (χ2n) is 7.86. The zero-order valence-corrected chi connectivity index (χ0v) is 20.5. The Morgan fingerprint density at radius 3 is 2.32 bits per heavy atom. The van der Waals surface area contributed by atoms with E-state index in [1.165, 1.54) is 38.3 Å². The van der Waals surface area contributed by atoms with Gasteiger partial charge in [-0.25, -0.2) is 0 Å². The molecular weight excluding hydrogens is 461 g/mol. The van der Waals surface area contributed by atoms with E-state index in [0.29, 0.717) is 12.0 Å². The third-order valence-corrected chi connectivity index (χ3v) is 5.42. The Balaban J connectivity index is 0.00000392. The van der Waals surface area contributed by atoms with Crippen LogP contribution in [-0.2, 0) is 6.42 Å². The highest BCUT2D eigenvalue weighted by atomic mass is 127. The van der Waals surface area contributed by atoms with E-state index in [-0.39, 0.29) is 24.0 Å². The largest absolute Gasteiger partial charge is 0.356 e. The average molecular weight is 502 g/mol. The first-order valence-corrected chi connectivity index (χ1v) is 10.6. The van der Waals surface area contributed by atoms with E-state index in [2.05, 4.69) is 76.5 Å². The van der Waals surface area contributed by atoms with Crippen LogP contribution in [0.5, 0.6) is 0 Å². The van der Waals surface area contributed by atoms with Crippen LogP contribution in [0.2, 0.25) is 0 Å². The minimum Gasteiger partial charge on any atom is -0.356 e. The number of piperazine rings is 1. The Morgan fingerprint density at radius 2 is 1.71 bits per heavy atom. The normalized spacial score (nSPS) is 18.2. The number of benzene rings is 1. The summed E-state index contributed by atoms with van der Waals surface area (Å²) in [6.45, 7) is 14.9. The third kappa shape index (κ3) is 9.56. The molecule has 0 aliphatic carbocycles. The third-order valence-electron chi connectivity index (χ3n) is 5.42. The van der Waals surface area contributed by atoms with E-state index in [1.807, 2.05) is 7.05 Å². The van der Waals surface area contributed by atoms with Crippen molar-refractivity contribution in [2.45, 2.75) is 39.7 Å². The van der Waals surface area contributed by atoms with Gasteiger partial charge in [0.25, 0.3) is 0 Å². The topological polar surface area (TPSA) is 42.9 Å². The quantitative estimate of drug-likeness (QED) is 0.310. The maximum Gasteiger partial charge on any atom is 0.191 e. The SMILES string of the molecule is CCN1CCN(CC(C)CNC(=NC)NC(C)CCc2ccccc2)CC1.I. The molecule has 2 N–H and O–H groups in total. The van der Waals surface area contributed by atoms with Crippen molar-refractivity contribution in [2.24, 2.45) is 10.9 Å². The number of aliphatic imine (C=N–C) groups is 1. The summed E-state index contributed by atoms with van der Waals surface area (Å²) in [5.41, 5.74) is 1.39. The number of guanidine groups is 1. The van der Waals surface area contributed by atoms with Crippen LogP contribution in [0.25, 0.3) is 0 Å². The monoisotopic (exact) mass is 501 g/mol. The molecule has 1 fully saturated rings. The summed E-state index contributed by atoms with van der Waals surface area (Å²) in [7, 11) is 1.86. The Kier molecular flexibility index (Phi) is 12.7. The van der Waals surface area contributed by atoms with Crippen molar-refractivity contribution in [3.63, 3.8) is 0 Å². The molecule has 6 heteroatoms. The van der Waals surface area contributed by atoms with Crippen LogP contribution < -0.4 is 10.6 Å². The molecule has 2 atom stereocenters. The van der Waals surface area contributed by atoms with Gasteiger partial charge in [0.05, 0.1) is 0 Å². The predicted octanol–water partition coefficient (Wildman–Crippen LogP) is 3.06. The van der Waals surface area contributed by atoms with E-state index >= 15 is 0 Å². The lowest BCUT2D eigenvalue weighted by Crippen LogP contribution is -2.49. The van der Waals surface area contributed by atoms with Crippen LogP contribution in [0.3, 0.4) is 0 Å². The minimum atomic E-state index is 0. The van der Waals surface area contributed by atoms with Gasteiger partial charge >= 0.3 is 0 Å². The Morgan fingerprint density at radius 1 is 1.07 bits per heavy atom. The number of aryl methyl sites for hydroxylation is 1. The zero-order valence-electron chi connectivity index (χ0n) is 18.2. The summed E-state index contributed by atoms with van der Waals surface area (Å²) in [6, 6.07) is 11.1. The van der Waals surface area contributed by atoms with Crippen LogP contribution in [0.15, 0.2) is 35.3 Å². The van der Waals surface area contributed by atoms with Crippen molar-refractivity contribution >= 4 is 29.9 Å². The van der Waals surface area contributed by atoms with E-state index < -0.39 is 0 Å². The fourth-order valence-corrected chi connectivity index (χ4v) is 3.59. The molecule has 0 saturated carbocycles. The Hall–Kier alpha value is -0.860. The highest BCUT2D eigenvalue weighted by Crippen LogP contribution is 2.06. The van der Waals surface area contributed by atoms with Crippen molar-refractivity contribution in [1.29, 1.82) is 0 Å². The van der Waals surface area contributed by atoms with Gasteiger partial charge in [0.1, 0.15) is 0 Å². The standard InChI is InChI=1S/C22H39N5.HI/c1-5-26-13-15-27(16-14-26)18-19(2)17-24-22(23-4)25-20(3)11-12-21-9-7-6-8-10-21;/h6-10,19-20H,5,11-18H2,1-4H3,(H2,23,24,25);1H. The van der Waals surface area contributed by atoms with Crippen LogP contribution in [-0.4, -0.2) is 74.7 Å². The van der Waals surface area contributed by atoms with Crippen molar-refractivity contribution < 1.29 is 0 Å². The number of likely N-dealkylation sites (N-methyl/N-ethyl adjacent to an activating group) is 1. The maximum absolute atomic E-state index is 4.40. The number of halogens is 1. The molecular formula is C22H40IN5. The highest BCUT2D eigenvalue weighted by molar-refractivity contribution is 14.0. The zero-order chi connectivity index (χ0) is 19.5. The Labute approximate surface area is 189 Å². The number of nitrogens with zero attached hydrogens (tertiary/aromatic N) is 3. The first-order valence-electron chi connectivity index (χ1n) is 10.6. The second kappa shape index (κ2) is 14.2. The number of hydrogen-bond acceptors (Lipinski definition) is 3. The molecule has 0 bridgehead atoms. The molecule has 1 aliphatic heterocycles. The minimum absolute atomic E-state index is 0. The molecule has 1 aromatic carbocycles. The van der Waals surface area contributed by atoms with Crippen LogP contribution in [0.4, 0.5) is 0 Å². The first kappa shape index (κ1) is 25.2. The molecule has 1 aromatic rings. The predicted molar refractivity (Wildman–Crippen MR) is 132 cm³/mol. The summed E-state index contributed by atoms with van der Waals surface area (Å²) in [6.07, 6.45) is 2.19. The van der Waals surface area contributed by atoms with Gasteiger partial charge < -0.3 is 20.4 Å². The first-order chi connectivity index (χ1) is 13.1. The Bertz CT molecular complexity index is 543. The number of nitrogens with one attached hydrogen (secondary N) is 2. The van der Waals surface area contributed by atoms with Crippen molar-refractivity contribution in [2.75, 3.05) is 52.9 Å². The summed E-state index contributed by atoms with van der Waals surface area (Å²) >= 11 is 0. The van der Waals surface area contributed by atoms with Gasteiger partial charge in [0.15, 0.2) is 5.96 Å². The molecule has 1 saturated heterocycles. The number of rotatable bonds is 9. The summed E-state index contributed by atoms with van der Waals surface area (Å²) in [5, 5.41) is 7.04. The van der Waals surface area contributed by atoms with E-state index in [4.69, 9.17) is 0 Å². The molecule has 5 nitrogen and oxygen atoms in total. The molecule has 0 aromatic heterocycles. The summed E-state index contributed by atoms with van der Waals surface area (Å²) < 4.78 is 0. The molecule has 0 radical (unpaired) electrons. The molecule has 2 rings (SSSR count). The van der Waals surface area contributed by atoms with Gasteiger partial charge in [-0.15, -0.1) is 24.0 Å². The molecule has 0 spiro atoms. The summed E-state index contributed by atoms with van der Waals surface area (Å²) in [4.78, 5) is 9.52. The van der Waals surface area contributed by atoms with Crippen molar-refractivity contribution in [3.8, 4) is 0 Å². The van der Waals surface area contributed by atoms with Gasteiger partial charge in [-0.3, -0.25) is 4.99 Å². The van der Waals surface area contributed by atoms with Crippen LogP contribution in [0, 0.1) is 5.92 Å². The maximum atomic E-state index is 4.40. The average Bonchev–Trinajstić information content (AvgIpc) is 2.71. The lowest BCUT2D eigenvalue weighted by molar-refractivity contribution is 0.124. The van der Waals surface area contributed by atoms with Gasteiger partial charge in [0.2, 0.25) is 0 Å². The van der Waals surface area contributed by atoms with Crippen molar-refractivity contribution in [3.05, 3.63) is 35.9 Å². The van der Waals surface area contributed by atoms with Crippen molar-refractivity contribution in [1.82, 2.24) is 20.4 Å². The fourth-order valence-electron chi connectivity index (χ4n) is 3.59. The molecule has 1 heterocycles. The lowest BCUT2D eigenvalue weighted by Gasteiger charge is -2.35. The molecule has 160 valence electrons. The van der Waals surface area contributed by atoms with Gasteiger partial charge in [-0.05, 0) is 37.8 Å².